The van der Waals surface area contributed by atoms with Crippen LogP contribution in [-0.2, 0) is 9.59 Å². The zero-order chi connectivity index (χ0) is 13.9. The molecule has 0 saturated heterocycles. The number of carbonyl (C=O) groups is 4. The van der Waals surface area contributed by atoms with Gasteiger partial charge in [0.2, 0.25) is 0 Å². The Hall–Kier alpha value is -2.90. The lowest BCUT2D eigenvalue weighted by atomic mass is 10.1. The van der Waals surface area contributed by atoms with Crippen molar-refractivity contribution in [3.05, 3.63) is 29.3 Å². The van der Waals surface area contributed by atoms with Gasteiger partial charge in [-0.1, -0.05) is 0 Å². The molecule has 0 heterocycles. The zero-order valence-corrected chi connectivity index (χ0v) is 8.71. The maximum absolute atomic E-state index is 10.9. The van der Waals surface area contributed by atoms with Crippen LogP contribution in [0.15, 0.2) is 18.2 Å². The Labute approximate surface area is 99.5 Å². The van der Waals surface area contributed by atoms with Gasteiger partial charge < -0.3 is 20.6 Å². The van der Waals surface area contributed by atoms with E-state index in [4.69, 9.17) is 15.3 Å². The van der Waals surface area contributed by atoms with Crippen molar-refractivity contribution >= 4 is 29.5 Å². The minimum absolute atomic E-state index is 0.277. The van der Waals surface area contributed by atoms with Crippen LogP contribution in [0.25, 0.3) is 0 Å². The summed E-state index contributed by atoms with van der Waals surface area (Å²) < 4.78 is 0. The number of hydrogen-bond donors (Lipinski definition) is 4. The molecule has 0 atom stereocenters. The molecule has 0 aliphatic carbocycles. The normalized spacial score (nSPS) is 9.56. The van der Waals surface area contributed by atoms with E-state index < -0.39 is 35.1 Å². The monoisotopic (exact) mass is 253 g/mol. The summed E-state index contributed by atoms with van der Waals surface area (Å²) in [5, 5.41) is 27.7. The van der Waals surface area contributed by atoms with Crippen molar-refractivity contribution in [1.29, 1.82) is 0 Å². The number of benzene rings is 1. The van der Waals surface area contributed by atoms with Gasteiger partial charge in [-0.2, -0.15) is 0 Å². The molecule has 18 heavy (non-hydrogen) atoms. The Morgan fingerprint density at radius 1 is 0.944 bits per heavy atom. The highest BCUT2D eigenvalue weighted by atomic mass is 16.4. The van der Waals surface area contributed by atoms with Gasteiger partial charge >= 0.3 is 23.8 Å². The number of nitrogens with one attached hydrogen (secondary N) is 1. The largest absolute Gasteiger partial charge is 0.478 e. The van der Waals surface area contributed by atoms with Crippen LogP contribution in [0.1, 0.15) is 20.7 Å². The standard InChI is InChI=1S/C10H7NO7/c12-7(10(17)18)11-6-3-4(8(13)14)1-2-5(6)9(15)16/h1-3H,(H,11,12)(H,13,14)(H,15,16)(H,17,18). The van der Waals surface area contributed by atoms with Gasteiger partial charge in [-0.25, -0.2) is 14.4 Å². The smallest absolute Gasteiger partial charge is 0.394 e. The van der Waals surface area contributed by atoms with Gasteiger partial charge in [0.15, 0.2) is 0 Å². The fraction of sp³-hybridized carbons (Fsp3) is 0. The van der Waals surface area contributed by atoms with Crippen LogP contribution < -0.4 is 5.32 Å². The van der Waals surface area contributed by atoms with E-state index in [2.05, 4.69) is 0 Å². The molecule has 0 aliphatic rings. The number of anilines is 1. The van der Waals surface area contributed by atoms with Crippen molar-refractivity contribution in [3.63, 3.8) is 0 Å². The first-order valence-electron chi connectivity index (χ1n) is 4.48. The Kier molecular flexibility index (Phi) is 3.62. The highest BCUT2D eigenvalue weighted by Gasteiger charge is 2.18. The van der Waals surface area contributed by atoms with E-state index in [9.17, 15) is 19.2 Å². The molecule has 1 amide bonds. The second kappa shape index (κ2) is 4.95. The van der Waals surface area contributed by atoms with Gasteiger partial charge in [-0.15, -0.1) is 0 Å². The number of carbonyl (C=O) groups excluding carboxylic acids is 1. The van der Waals surface area contributed by atoms with E-state index in [-0.39, 0.29) is 5.56 Å². The van der Waals surface area contributed by atoms with Crippen LogP contribution in [0.3, 0.4) is 0 Å². The third-order valence-electron chi connectivity index (χ3n) is 1.94. The van der Waals surface area contributed by atoms with Crippen LogP contribution in [0, 0.1) is 0 Å². The van der Waals surface area contributed by atoms with E-state index in [1.165, 1.54) is 0 Å². The van der Waals surface area contributed by atoms with Gasteiger partial charge in [0, 0.05) is 0 Å². The molecule has 0 aromatic heterocycles. The number of rotatable bonds is 3. The first kappa shape index (κ1) is 13.2. The molecule has 0 saturated carbocycles. The topological polar surface area (TPSA) is 141 Å². The number of carboxylic acid groups (broad SMARTS) is 3. The lowest BCUT2D eigenvalue weighted by Crippen LogP contribution is -2.23. The second-order valence-electron chi connectivity index (χ2n) is 3.13. The van der Waals surface area contributed by atoms with E-state index >= 15 is 0 Å². The van der Waals surface area contributed by atoms with Crippen molar-refractivity contribution in [3.8, 4) is 0 Å². The summed E-state index contributed by atoms with van der Waals surface area (Å²) in [5.41, 5.74) is -1.08. The third kappa shape index (κ3) is 2.82. The molecule has 8 nitrogen and oxygen atoms in total. The molecular formula is C10H7NO7. The molecule has 0 radical (unpaired) electrons. The Morgan fingerprint density at radius 3 is 2.00 bits per heavy atom. The predicted molar refractivity (Wildman–Crippen MR) is 56.6 cm³/mol. The molecule has 94 valence electrons. The summed E-state index contributed by atoms with van der Waals surface area (Å²) in [6.45, 7) is 0. The number of carboxylic acids is 3. The summed E-state index contributed by atoms with van der Waals surface area (Å²) in [6, 6.07) is 2.86. The van der Waals surface area contributed by atoms with Gasteiger partial charge in [-0.05, 0) is 18.2 Å². The van der Waals surface area contributed by atoms with Gasteiger partial charge in [0.25, 0.3) is 0 Å². The Bertz CT molecular complexity index is 549. The average Bonchev–Trinajstić information content (AvgIpc) is 2.28. The lowest BCUT2D eigenvalue weighted by molar-refractivity contribution is -0.147. The van der Waals surface area contributed by atoms with Crippen LogP contribution in [0.5, 0.6) is 0 Å². The molecular weight excluding hydrogens is 246 g/mol. The van der Waals surface area contributed by atoms with Crippen LogP contribution in [-0.4, -0.2) is 39.1 Å². The quantitative estimate of drug-likeness (QED) is 0.560. The first-order valence-corrected chi connectivity index (χ1v) is 4.48. The molecule has 8 heteroatoms. The lowest BCUT2D eigenvalue weighted by Gasteiger charge is -2.07. The van der Waals surface area contributed by atoms with Gasteiger partial charge in [0.05, 0.1) is 16.8 Å². The minimum atomic E-state index is -1.81. The number of hydrogen-bond acceptors (Lipinski definition) is 4. The first-order chi connectivity index (χ1) is 8.32. The minimum Gasteiger partial charge on any atom is -0.478 e. The summed E-state index contributed by atoms with van der Waals surface area (Å²) in [5.74, 6) is -6.03. The molecule has 0 spiro atoms. The molecule has 1 rings (SSSR count). The summed E-state index contributed by atoms with van der Waals surface area (Å²) in [4.78, 5) is 42.7. The van der Waals surface area contributed by atoms with Crippen molar-refractivity contribution in [1.82, 2.24) is 0 Å². The van der Waals surface area contributed by atoms with Crippen LogP contribution >= 0.6 is 0 Å². The molecule has 0 fully saturated rings. The van der Waals surface area contributed by atoms with Crippen molar-refractivity contribution in [2.75, 3.05) is 5.32 Å². The number of aromatic carboxylic acids is 2. The zero-order valence-electron chi connectivity index (χ0n) is 8.71. The van der Waals surface area contributed by atoms with E-state index in [0.717, 1.165) is 18.2 Å². The summed E-state index contributed by atoms with van der Waals surface area (Å²) >= 11 is 0. The second-order valence-corrected chi connectivity index (χ2v) is 3.13. The molecule has 4 N–H and O–H groups in total. The predicted octanol–water partition coefficient (Wildman–Crippen LogP) is 0.106. The maximum atomic E-state index is 10.9. The summed E-state index contributed by atoms with van der Waals surface area (Å²) in [6.07, 6.45) is 0. The fourth-order valence-electron chi connectivity index (χ4n) is 1.14. The molecule has 1 aromatic rings. The highest BCUT2D eigenvalue weighted by Crippen LogP contribution is 2.18. The van der Waals surface area contributed by atoms with E-state index in [1.807, 2.05) is 0 Å². The van der Waals surface area contributed by atoms with E-state index in [1.54, 1.807) is 5.32 Å². The Morgan fingerprint density at radius 2 is 1.56 bits per heavy atom. The molecule has 0 aliphatic heterocycles. The molecule has 1 aromatic carbocycles. The third-order valence-corrected chi connectivity index (χ3v) is 1.94. The van der Waals surface area contributed by atoms with E-state index in [0.29, 0.717) is 0 Å². The number of amides is 1. The van der Waals surface area contributed by atoms with Crippen LogP contribution in [0.2, 0.25) is 0 Å². The highest BCUT2D eigenvalue weighted by molar-refractivity contribution is 6.36. The Balaban J connectivity index is 3.23. The maximum Gasteiger partial charge on any atom is 0.394 e. The summed E-state index contributed by atoms with van der Waals surface area (Å²) in [7, 11) is 0. The van der Waals surface area contributed by atoms with Crippen molar-refractivity contribution in [2.24, 2.45) is 0 Å². The number of aliphatic carboxylic acids is 1. The van der Waals surface area contributed by atoms with Crippen molar-refractivity contribution < 1.29 is 34.5 Å². The van der Waals surface area contributed by atoms with Crippen LogP contribution in [0.4, 0.5) is 5.69 Å². The van der Waals surface area contributed by atoms with Gasteiger partial charge in [0.1, 0.15) is 0 Å². The molecule has 0 unspecified atom stereocenters. The van der Waals surface area contributed by atoms with Crippen molar-refractivity contribution in [2.45, 2.75) is 0 Å². The fourth-order valence-corrected chi connectivity index (χ4v) is 1.14. The molecule has 0 bridgehead atoms. The average molecular weight is 253 g/mol. The van der Waals surface area contributed by atoms with Gasteiger partial charge in [-0.3, -0.25) is 4.79 Å². The SMILES string of the molecule is O=C(O)C(=O)Nc1cc(C(=O)O)ccc1C(=O)O.